The highest BCUT2D eigenvalue weighted by atomic mass is 35.5. The minimum absolute atomic E-state index is 0.0112. The van der Waals surface area contributed by atoms with Gasteiger partial charge in [-0.1, -0.05) is 23.2 Å². The zero-order chi connectivity index (χ0) is 15.6. The average Bonchev–Trinajstić information content (AvgIpc) is 2.27. The summed E-state index contributed by atoms with van der Waals surface area (Å²) in [5.74, 6) is -0.547. The highest BCUT2D eigenvalue weighted by molar-refractivity contribution is 6.42. The molecule has 0 amide bonds. The number of hydrogen-bond acceptors (Lipinski definition) is 1. The third kappa shape index (κ3) is 1.93. The molecule has 0 aromatic heterocycles. The molecule has 0 aliphatic heterocycles. The second-order valence-electron chi connectivity index (χ2n) is 6.15. The second kappa shape index (κ2) is 4.49. The van der Waals surface area contributed by atoms with E-state index in [2.05, 4.69) is 5.32 Å². The SMILES string of the molecule is CNC(c1c(F)ccc(Cl)c1Cl)C12CC(C(F)(F)F)(C1)C2. The van der Waals surface area contributed by atoms with Crippen LogP contribution >= 0.6 is 23.2 Å². The van der Waals surface area contributed by atoms with E-state index >= 15 is 0 Å². The summed E-state index contributed by atoms with van der Waals surface area (Å²) >= 11 is 12.0. The molecule has 1 aromatic carbocycles. The number of benzene rings is 1. The topological polar surface area (TPSA) is 12.0 Å². The molecule has 3 aliphatic rings. The van der Waals surface area contributed by atoms with Gasteiger partial charge in [0.1, 0.15) is 5.82 Å². The van der Waals surface area contributed by atoms with Gasteiger partial charge in [0.15, 0.2) is 0 Å². The normalized spacial score (nSPS) is 32.3. The van der Waals surface area contributed by atoms with Crippen molar-refractivity contribution in [2.24, 2.45) is 10.8 Å². The van der Waals surface area contributed by atoms with Crippen molar-refractivity contribution in [3.63, 3.8) is 0 Å². The molecule has 3 fully saturated rings. The monoisotopic (exact) mass is 341 g/mol. The molecule has 1 N–H and O–H groups in total. The summed E-state index contributed by atoms with van der Waals surface area (Å²) in [7, 11) is 1.60. The maximum absolute atomic E-state index is 14.1. The van der Waals surface area contributed by atoms with E-state index in [-0.39, 0.29) is 34.9 Å². The zero-order valence-electron chi connectivity index (χ0n) is 11.1. The fourth-order valence-corrected chi connectivity index (χ4v) is 4.46. The van der Waals surface area contributed by atoms with Crippen molar-refractivity contribution in [3.05, 3.63) is 33.6 Å². The molecule has 0 heterocycles. The first-order valence-electron chi connectivity index (χ1n) is 6.53. The van der Waals surface area contributed by atoms with E-state index < -0.39 is 28.9 Å². The van der Waals surface area contributed by atoms with E-state index in [1.807, 2.05) is 0 Å². The van der Waals surface area contributed by atoms with Crippen molar-refractivity contribution in [1.82, 2.24) is 5.32 Å². The van der Waals surface area contributed by atoms with Gasteiger partial charge in [-0.2, -0.15) is 13.2 Å². The van der Waals surface area contributed by atoms with Crippen LogP contribution in [0.3, 0.4) is 0 Å². The van der Waals surface area contributed by atoms with Gasteiger partial charge in [-0.15, -0.1) is 0 Å². The number of alkyl halides is 3. The molecule has 4 rings (SSSR count). The standard InChI is InChI=1S/C14H13Cl2F4N/c1-21-11(9-8(17)3-2-7(15)10(9)16)12-4-13(5-12,6-12)14(18,19)20/h2-3,11,21H,4-6H2,1H3. The van der Waals surface area contributed by atoms with Crippen molar-refractivity contribution in [2.45, 2.75) is 31.5 Å². The van der Waals surface area contributed by atoms with E-state index in [1.165, 1.54) is 12.1 Å². The van der Waals surface area contributed by atoms with Crippen LogP contribution in [0.1, 0.15) is 30.9 Å². The van der Waals surface area contributed by atoms with Crippen molar-refractivity contribution in [2.75, 3.05) is 7.05 Å². The van der Waals surface area contributed by atoms with Crippen LogP contribution in [-0.2, 0) is 0 Å². The molecule has 1 aromatic rings. The van der Waals surface area contributed by atoms with Gasteiger partial charge in [0.25, 0.3) is 0 Å². The molecule has 0 spiro atoms. The molecule has 116 valence electrons. The van der Waals surface area contributed by atoms with Crippen LogP contribution in [-0.4, -0.2) is 13.2 Å². The number of nitrogens with one attached hydrogen (secondary N) is 1. The van der Waals surface area contributed by atoms with Gasteiger partial charge in [0, 0.05) is 11.6 Å². The third-order valence-electron chi connectivity index (χ3n) is 4.94. The molecular formula is C14H13Cl2F4N. The summed E-state index contributed by atoms with van der Waals surface area (Å²) in [5.41, 5.74) is -1.99. The van der Waals surface area contributed by atoms with Gasteiger partial charge in [-0.05, 0) is 43.9 Å². The van der Waals surface area contributed by atoms with Gasteiger partial charge < -0.3 is 5.32 Å². The Morgan fingerprint density at radius 3 is 2.24 bits per heavy atom. The summed E-state index contributed by atoms with van der Waals surface area (Å²) in [4.78, 5) is 0. The molecule has 1 unspecified atom stereocenters. The minimum atomic E-state index is -4.19. The lowest BCUT2D eigenvalue weighted by Gasteiger charge is -2.73. The Kier molecular flexibility index (Phi) is 3.29. The average molecular weight is 342 g/mol. The van der Waals surface area contributed by atoms with Crippen molar-refractivity contribution < 1.29 is 17.6 Å². The zero-order valence-corrected chi connectivity index (χ0v) is 12.6. The first-order valence-corrected chi connectivity index (χ1v) is 7.29. The predicted octanol–water partition coefficient (Wildman–Crippen LogP) is 5.13. The van der Waals surface area contributed by atoms with Crippen molar-refractivity contribution >= 4 is 23.2 Å². The summed E-state index contributed by atoms with van der Waals surface area (Å²) < 4.78 is 52.9. The molecule has 0 saturated heterocycles. The number of rotatable bonds is 3. The lowest BCUT2D eigenvalue weighted by molar-refractivity contribution is -0.370. The fourth-order valence-electron chi connectivity index (χ4n) is 4.04. The Bertz CT molecular complexity index is 580. The van der Waals surface area contributed by atoms with Crippen molar-refractivity contribution in [3.8, 4) is 0 Å². The van der Waals surface area contributed by atoms with Crippen LogP contribution in [0, 0.1) is 16.6 Å². The first-order chi connectivity index (χ1) is 9.66. The molecule has 3 aliphatic carbocycles. The van der Waals surface area contributed by atoms with Gasteiger partial charge in [0.2, 0.25) is 0 Å². The summed E-state index contributed by atoms with van der Waals surface area (Å²) in [6.45, 7) is 0. The fraction of sp³-hybridized carbons (Fsp3) is 0.571. The minimum Gasteiger partial charge on any atom is -0.312 e. The van der Waals surface area contributed by atoms with Gasteiger partial charge in [0.05, 0.1) is 15.5 Å². The Morgan fingerprint density at radius 2 is 1.76 bits per heavy atom. The molecule has 1 nitrogen and oxygen atoms in total. The van der Waals surface area contributed by atoms with E-state index in [1.54, 1.807) is 7.05 Å². The third-order valence-corrected chi connectivity index (χ3v) is 5.76. The predicted molar refractivity (Wildman–Crippen MR) is 73.0 cm³/mol. The van der Waals surface area contributed by atoms with Gasteiger partial charge in [-0.3, -0.25) is 0 Å². The summed E-state index contributed by atoms with van der Waals surface area (Å²) in [5, 5.41) is 3.20. The Morgan fingerprint density at radius 1 is 1.19 bits per heavy atom. The Hall–Kier alpha value is -0.520. The molecule has 1 atom stereocenters. The van der Waals surface area contributed by atoms with Crippen LogP contribution < -0.4 is 5.32 Å². The van der Waals surface area contributed by atoms with Crippen LogP contribution in [0.25, 0.3) is 0 Å². The maximum atomic E-state index is 14.1. The molecular weight excluding hydrogens is 329 g/mol. The first kappa shape index (κ1) is 15.4. The Balaban J connectivity index is 1.92. The highest BCUT2D eigenvalue weighted by Gasteiger charge is 2.80. The maximum Gasteiger partial charge on any atom is 0.394 e. The molecule has 21 heavy (non-hydrogen) atoms. The second-order valence-corrected chi connectivity index (χ2v) is 6.93. The summed E-state index contributed by atoms with van der Waals surface area (Å²) in [6, 6.07) is 1.97. The van der Waals surface area contributed by atoms with Crippen molar-refractivity contribution in [1.29, 1.82) is 0 Å². The molecule has 2 bridgehead atoms. The largest absolute Gasteiger partial charge is 0.394 e. The van der Waals surface area contributed by atoms with Gasteiger partial charge in [-0.25, -0.2) is 4.39 Å². The van der Waals surface area contributed by atoms with Crippen LogP contribution in [0.2, 0.25) is 10.0 Å². The molecule has 3 saturated carbocycles. The highest BCUT2D eigenvalue weighted by Crippen LogP contribution is 2.81. The molecule has 0 radical (unpaired) electrons. The molecule has 7 heteroatoms. The quantitative estimate of drug-likeness (QED) is 0.593. The van der Waals surface area contributed by atoms with E-state index in [0.717, 1.165) is 0 Å². The summed E-state index contributed by atoms with van der Waals surface area (Å²) in [6.07, 6.45) is -4.16. The smallest absolute Gasteiger partial charge is 0.312 e. The van der Waals surface area contributed by atoms with Crippen LogP contribution in [0.15, 0.2) is 12.1 Å². The van der Waals surface area contributed by atoms with Crippen LogP contribution in [0.5, 0.6) is 0 Å². The van der Waals surface area contributed by atoms with E-state index in [0.29, 0.717) is 0 Å². The Labute approximate surface area is 129 Å². The van der Waals surface area contributed by atoms with E-state index in [9.17, 15) is 17.6 Å². The van der Waals surface area contributed by atoms with E-state index in [4.69, 9.17) is 23.2 Å². The number of halogens is 6. The lowest BCUT2D eigenvalue weighted by Crippen LogP contribution is -2.71. The van der Waals surface area contributed by atoms with Gasteiger partial charge >= 0.3 is 6.18 Å². The lowest BCUT2D eigenvalue weighted by atomic mass is 9.32. The van der Waals surface area contributed by atoms with Crippen LogP contribution in [0.4, 0.5) is 17.6 Å². The number of hydrogen-bond donors (Lipinski definition) is 1.